The number of aliphatic imine (C=N–C) groups is 1. The Morgan fingerprint density at radius 3 is 2.57 bits per heavy atom. The van der Waals surface area contributed by atoms with Crippen LogP contribution in [-0.2, 0) is 4.79 Å². The van der Waals surface area contributed by atoms with Gasteiger partial charge in [-0.25, -0.2) is 0 Å². The molecule has 1 aromatic carbocycles. The molecule has 28 heavy (non-hydrogen) atoms. The van der Waals surface area contributed by atoms with Crippen molar-refractivity contribution in [3.63, 3.8) is 0 Å². The summed E-state index contributed by atoms with van der Waals surface area (Å²) in [6.45, 7) is 6.17. The van der Waals surface area contributed by atoms with E-state index in [0.717, 1.165) is 37.2 Å². The quantitative estimate of drug-likeness (QED) is 0.582. The smallest absolute Gasteiger partial charge is 0.249 e. The number of fused-ring (bicyclic) bond motifs is 1. The van der Waals surface area contributed by atoms with E-state index in [-0.39, 0.29) is 24.8 Å². The molecular formula is C22H20N2O2S2. The van der Waals surface area contributed by atoms with Crippen LogP contribution in [0.25, 0.3) is 0 Å². The zero-order valence-corrected chi connectivity index (χ0v) is 17.6. The van der Waals surface area contributed by atoms with Crippen molar-refractivity contribution in [2.24, 2.45) is 4.99 Å². The Labute approximate surface area is 172 Å². The Bertz CT molecular complexity index is 1080. The molecule has 0 radical (unpaired) electrons. The number of aryl methyl sites for hydroxylation is 2. The van der Waals surface area contributed by atoms with Crippen LogP contribution in [0.1, 0.15) is 36.8 Å². The average molecular weight is 409 g/mol. The molecular weight excluding hydrogens is 388 g/mol. The second-order valence-corrected chi connectivity index (χ2v) is 9.03. The van der Waals surface area contributed by atoms with Crippen molar-refractivity contribution in [3.05, 3.63) is 73.8 Å². The average Bonchev–Trinajstić information content (AvgIpc) is 3.28. The first-order valence-corrected chi connectivity index (χ1v) is 10.7. The number of carbonyl (C=O) groups excluding carboxylic acids is 2. The highest BCUT2D eigenvalue weighted by Gasteiger charge is 2.31. The summed E-state index contributed by atoms with van der Waals surface area (Å²) >= 11 is 3.17. The lowest BCUT2D eigenvalue weighted by molar-refractivity contribution is -0.117. The molecule has 0 N–H and O–H groups in total. The molecule has 4 rings (SSSR count). The van der Waals surface area contributed by atoms with Crippen LogP contribution >= 0.6 is 22.7 Å². The summed E-state index contributed by atoms with van der Waals surface area (Å²) < 4.78 is 0. The molecule has 0 aliphatic carbocycles. The van der Waals surface area contributed by atoms with Crippen LogP contribution in [0, 0.1) is 20.8 Å². The fourth-order valence-electron chi connectivity index (χ4n) is 3.25. The summed E-state index contributed by atoms with van der Waals surface area (Å²) in [5.74, 6) is -0.211. The maximum atomic E-state index is 12.9. The van der Waals surface area contributed by atoms with E-state index in [1.54, 1.807) is 27.6 Å². The Balaban J connectivity index is 1.75. The molecule has 6 heteroatoms. The molecule has 142 valence electrons. The third-order valence-corrected chi connectivity index (χ3v) is 7.06. The number of anilines is 1. The third kappa shape index (κ3) is 3.34. The second-order valence-electron chi connectivity index (χ2n) is 6.87. The van der Waals surface area contributed by atoms with Gasteiger partial charge in [0.25, 0.3) is 0 Å². The molecule has 0 bridgehead atoms. The minimum atomic E-state index is -0.144. The van der Waals surface area contributed by atoms with Crippen LogP contribution in [-0.4, -0.2) is 30.5 Å². The van der Waals surface area contributed by atoms with Crippen molar-refractivity contribution in [2.75, 3.05) is 18.0 Å². The molecule has 3 heterocycles. The highest BCUT2D eigenvalue weighted by molar-refractivity contribution is 7.17. The van der Waals surface area contributed by atoms with Gasteiger partial charge in [-0.3, -0.25) is 19.5 Å². The van der Waals surface area contributed by atoms with Crippen molar-refractivity contribution in [1.29, 1.82) is 0 Å². The van der Waals surface area contributed by atoms with Crippen LogP contribution in [0.2, 0.25) is 0 Å². The number of ketones is 1. The number of thiophene rings is 2. The number of carbonyl (C=O) groups is 2. The van der Waals surface area contributed by atoms with E-state index >= 15 is 0 Å². The lowest BCUT2D eigenvalue weighted by Crippen LogP contribution is -2.36. The largest absolute Gasteiger partial charge is 0.294 e. The van der Waals surface area contributed by atoms with Gasteiger partial charge in [-0.15, -0.1) is 22.7 Å². The normalized spacial score (nSPS) is 13.9. The van der Waals surface area contributed by atoms with Crippen molar-refractivity contribution < 1.29 is 9.59 Å². The first-order valence-electron chi connectivity index (χ1n) is 9.04. The van der Waals surface area contributed by atoms with Crippen LogP contribution in [0.15, 0.2) is 46.8 Å². The lowest BCUT2D eigenvalue weighted by Gasteiger charge is -2.20. The van der Waals surface area contributed by atoms with Gasteiger partial charge in [0.15, 0.2) is 5.78 Å². The molecule has 0 fully saturated rings. The van der Waals surface area contributed by atoms with E-state index < -0.39 is 0 Å². The second kappa shape index (κ2) is 7.45. The lowest BCUT2D eigenvalue weighted by atomic mass is 10.0. The Morgan fingerprint density at radius 2 is 1.89 bits per heavy atom. The van der Waals surface area contributed by atoms with Crippen molar-refractivity contribution >= 4 is 45.1 Å². The Hall–Kier alpha value is -2.57. The first kappa shape index (κ1) is 18.8. The molecule has 0 saturated carbocycles. The van der Waals surface area contributed by atoms with Crippen LogP contribution in [0.5, 0.6) is 0 Å². The predicted octanol–water partition coefficient (Wildman–Crippen LogP) is 4.80. The van der Waals surface area contributed by atoms with Gasteiger partial charge in [-0.1, -0.05) is 35.9 Å². The molecule has 0 spiro atoms. The molecule has 3 aromatic rings. The number of nitrogens with zero attached hydrogens (tertiary/aromatic N) is 2. The van der Waals surface area contributed by atoms with E-state index in [9.17, 15) is 9.59 Å². The van der Waals surface area contributed by atoms with Crippen LogP contribution in [0.3, 0.4) is 0 Å². The minimum absolute atomic E-state index is 0.0293. The van der Waals surface area contributed by atoms with Crippen LogP contribution in [0.4, 0.5) is 5.00 Å². The number of benzene rings is 1. The molecule has 2 aromatic heterocycles. The van der Waals surface area contributed by atoms with Crippen molar-refractivity contribution in [2.45, 2.75) is 20.8 Å². The molecule has 1 aliphatic heterocycles. The standard InChI is InChI=1S/C22H20N2O2S2/c1-13-6-8-16(9-7-13)17(25)12-24-19(26)11-23-21(18-5-4-10-27-18)20-14(2)15(3)28-22(20)24/h4-10H,11-12H2,1-3H3. The third-order valence-electron chi connectivity index (χ3n) is 4.95. The fourth-order valence-corrected chi connectivity index (χ4v) is 5.16. The summed E-state index contributed by atoms with van der Waals surface area (Å²) in [6, 6.07) is 11.5. The molecule has 1 amide bonds. The molecule has 0 atom stereocenters. The van der Waals surface area contributed by atoms with E-state index in [1.807, 2.05) is 55.6 Å². The number of amides is 1. The maximum Gasteiger partial charge on any atom is 0.249 e. The minimum Gasteiger partial charge on any atom is -0.294 e. The summed E-state index contributed by atoms with van der Waals surface area (Å²) in [4.78, 5) is 34.2. The maximum absolute atomic E-state index is 12.9. The van der Waals surface area contributed by atoms with Gasteiger partial charge in [-0.2, -0.15) is 0 Å². The summed E-state index contributed by atoms with van der Waals surface area (Å²) in [6.07, 6.45) is 0. The number of Topliss-reactive ketones (excluding diaryl/α,β-unsaturated/α-hetero) is 1. The topological polar surface area (TPSA) is 49.7 Å². The predicted molar refractivity (Wildman–Crippen MR) is 116 cm³/mol. The van der Waals surface area contributed by atoms with Crippen LogP contribution < -0.4 is 4.90 Å². The zero-order valence-electron chi connectivity index (χ0n) is 16.0. The van der Waals surface area contributed by atoms with E-state index in [2.05, 4.69) is 11.9 Å². The van der Waals surface area contributed by atoms with E-state index in [4.69, 9.17) is 0 Å². The number of hydrogen-bond acceptors (Lipinski definition) is 5. The van der Waals surface area contributed by atoms with Gasteiger partial charge in [0.2, 0.25) is 5.91 Å². The van der Waals surface area contributed by atoms with Gasteiger partial charge < -0.3 is 0 Å². The molecule has 4 nitrogen and oxygen atoms in total. The monoisotopic (exact) mass is 408 g/mol. The molecule has 1 aliphatic rings. The summed E-state index contributed by atoms with van der Waals surface area (Å²) in [5.41, 5.74) is 4.67. The van der Waals surface area contributed by atoms with Gasteiger partial charge in [0, 0.05) is 16.0 Å². The fraction of sp³-hybridized carbons (Fsp3) is 0.227. The van der Waals surface area contributed by atoms with Crippen molar-refractivity contribution in [1.82, 2.24) is 0 Å². The highest BCUT2D eigenvalue weighted by Crippen LogP contribution is 2.39. The first-order chi connectivity index (χ1) is 13.5. The van der Waals surface area contributed by atoms with Gasteiger partial charge >= 0.3 is 0 Å². The molecule has 0 unspecified atom stereocenters. The summed E-state index contributed by atoms with van der Waals surface area (Å²) in [7, 11) is 0. The van der Waals surface area contributed by atoms with Gasteiger partial charge in [0.1, 0.15) is 11.5 Å². The van der Waals surface area contributed by atoms with E-state index in [0.29, 0.717) is 5.56 Å². The molecule has 0 saturated heterocycles. The van der Waals surface area contributed by atoms with Crippen molar-refractivity contribution in [3.8, 4) is 0 Å². The Kier molecular flexibility index (Phi) is 5.00. The van der Waals surface area contributed by atoms with Gasteiger partial charge in [-0.05, 0) is 37.8 Å². The van der Waals surface area contributed by atoms with Gasteiger partial charge in [0.05, 0.1) is 17.1 Å². The number of hydrogen-bond donors (Lipinski definition) is 0. The van der Waals surface area contributed by atoms with E-state index in [1.165, 1.54) is 0 Å². The number of rotatable bonds is 4. The highest BCUT2D eigenvalue weighted by atomic mass is 32.1. The summed E-state index contributed by atoms with van der Waals surface area (Å²) in [5, 5.41) is 2.84. The Morgan fingerprint density at radius 1 is 1.14 bits per heavy atom. The SMILES string of the molecule is Cc1ccc(C(=O)CN2C(=O)CN=C(c3cccs3)c3c2sc(C)c3C)cc1. The zero-order chi connectivity index (χ0) is 19.8.